The van der Waals surface area contributed by atoms with E-state index < -0.39 is 0 Å². The van der Waals surface area contributed by atoms with Gasteiger partial charge >= 0.3 is 0 Å². The van der Waals surface area contributed by atoms with Crippen LogP contribution in [-0.2, 0) is 16.1 Å². The van der Waals surface area contributed by atoms with E-state index in [1.807, 2.05) is 39.8 Å². The maximum Gasteiger partial charge on any atom is 0.250 e. The molecule has 0 spiro atoms. The van der Waals surface area contributed by atoms with Crippen LogP contribution in [0, 0.1) is 5.92 Å². The van der Waals surface area contributed by atoms with Crippen molar-refractivity contribution in [3.8, 4) is 0 Å². The van der Waals surface area contributed by atoms with Crippen LogP contribution in [0.5, 0.6) is 0 Å². The summed E-state index contributed by atoms with van der Waals surface area (Å²) in [5, 5.41) is 0.712. The summed E-state index contributed by atoms with van der Waals surface area (Å²) < 4.78 is 1.90. The summed E-state index contributed by atoms with van der Waals surface area (Å²) in [6.45, 7) is 5.21. The highest BCUT2D eigenvalue weighted by atomic mass is 35.5. The van der Waals surface area contributed by atoms with Crippen molar-refractivity contribution in [2.75, 3.05) is 45.8 Å². The minimum atomic E-state index is -0.0819. The number of nitrogens with zero attached hydrogens (tertiary/aromatic N) is 4. The van der Waals surface area contributed by atoms with Crippen LogP contribution in [0.4, 0.5) is 0 Å². The highest BCUT2D eigenvalue weighted by Gasteiger charge is 2.35. The Morgan fingerprint density at radius 2 is 1.55 bits per heavy atom. The lowest BCUT2D eigenvalue weighted by Gasteiger charge is -2.42. The number of hydrogen-bond donors (Lipinski definition) is 0. The third kappa shape index (κ3) is 5.78. The molecule has 3 unspecified atom stereocenters. The van der Waals surface area contributed by atoms with E-state index in [0.29, 0.717) is 37.1 Å². The van der Waals surface area contributed by atoms with Crippen molar-refractivity contribution >= 4 is 23.3 Å². The van der Waals surface area contributed by atoms with E-state index in [1.54, 1.807) is 6.07 Å². The molecular formula is C32H35ClN4O3. The molecule has 3 aromatic rings. The smallest absolute Gasteiger partial charge is 0.250 e. The number of aromatic nitrogens is 1. The molecule has 0 saturated carbocycles. The molecule has 2 bridgehead atoms. The predicted octanol–water partition coefficient (Wildman–Crippen LogP) is 3.81. The number of piperidine rings is 1. The first-order chi connectivity index (χ1) is 19.4. The molecule has 3 aliphatic heterocycles. The molecule has 4 heterocycles. The van der Waals surface area contributed by atoms with Gasteiger partial charge < -0.3 is 9.47 Å². The number of rotatable bonds is 7. The van der Waals surface area contributed by atoms with Gasteiger partial charge in [0.05, 0.1) is 19.0 Å². The number of amides is 1. The van der Waals surface area contributed by atoms with Crippen molar-refractivity contribution in [1.82, 2.24) is 19.3 Å². The number of carbonyl (C=O) groups is 2. The van der Waals surface area contributed by atoms with E-state index >= 15 is 0 Å². The van der Waals surface area contributed by atoms with Gasteiger partial charge in [-0.3, -0.25) is 24.2 Å². The quantitative estimate of drug-likeness (QED) is 0.413. The lowest BCUT2D eigenvalue weighted by molar-refractivity contribution is -0.137. The SMILES string of the molecule is O=C(CC(=O)N1CCN(C(c2ccccc2)c2ccc(Cl)cc2)CC1)CN1CC2CC(C1)c1cccc(=O)n1C2. The summed E-state index contributed by atoms with van der Waals surface area (Å²) >= 11 is 6.15. The summed E-state index contributed by atoms with van der Waals surface area (Å²) in [4.78, 5) is 44.8. The maximum absolute atomic E-state index is 13.1. The number of ketones is 1. The Morgan fingerprint density at radius 1 is 0.825 bits per heavy atom. The summed E-state index contributed by atoms with van der Waals surface area (Å²) in [6, 6.07) is 24.0. The highest BCUT2D eigenvalue weighted by molar-refractivity contribution is 6.30. The average Bonchev–Trinajstić information content (AvgIpc) is 2.96. The van der Waals surface area contributed by atoms with Crippen molar-refractivity contribution in [2.24, 2.45) is 5.92 Å². The molecule has 7 nitrogen and oxygen atoms in total. The Morgan fingerprint density at radius 3 is 2.30 bits per heavy atom. The van der Waals surface area contributed by atoms with E-state index in [2.05, 4.69) is 46.2 Å². The first kappa shape index (κ1) is 26.9. The molecule has 3 atom stereocenters. The Bertz CT molecular complexity index is 1420. The fourth-order valence-electron chi connectivity index (χ4n) is 6.83. The zero-order valence-corrected chi connectivity index (χ0v) is 23.4. The number of carbonyl (C=O) groups excluding carboxylic acids is 2. The molecular weight excluding hydrogens is 524 g/mol. The number of likely N-dealkylation sites (tertiary alicyclic amines) is 1. The standard InChI is InChI=1S/C32H35ClN4O3/c33-27-11-9-25(10-12-27)32(24-5-2-1-3-6-24)36-15-13-35(14-16-36)31(40)18-28(38)22-34-19-23-17-26(21-34)29-7-4-8-30(39)37(29)20-23/h1-12,23,26,32H,13-22H2. The number of halogens is 1. The van der Waals surface area contributed by atoms with Crippen LogP contribution in [0.15, 0.2) is 77.6 Å². The Balaban J connectivity index is 1.04. The van der Waals surface area contributed by atoms with Gasteiger partial charge in [-0.15, -0.1) is 0 Å². The molecule has 0 radical (unpaired) electrons. The van der Waals surface area contributed by atoms with Crippen LogP contribution in [0.25, 0.3) is 0 Å². The molecule has 8 heteroatoms. The van der Waals surface area contributed by atoms with E-state index in [0.717, 1.165) is 38.3 Å². The summed E-state index contributed by atoms with van der Waals surface area (Å²) in [5.74, 6) is 0.514. The van der Waals surface area contributed by atoms with Gasteiger partial charge in [0.1, 0.15) is 0 Å². The fourth-order valence-corrected chi connectivity index (χ4v) is 6.96. The average molecular weight is 559 g/mol. The molecule has 208 valence electrons. The van der Waals surface area contributed by atoms with Crippen molar-refractivity contribution in [1.29, 1.82) is 0 Å². The zero-order valence-electron chi connectivity index (χ0n) is 22.6. The largest absolute Gasteiger partial charge is 0.340 e. The fraction of sp³-hybridized carbons (Fsp3) is 0.406. The molecule has 2 fully saturated rings. The molecule has 2 aromatic carbocycles. The van der Waals surface area contributed by atoms with Gasteiger partial charge in [0, 0.05) is 68.5 Å². The topological polar surface area (TPSA) is 65.9 Å². The van der Waals surface area contributed by atoms with Gasteiger partial charge in [0.2, 0.25) is 5.91 Å². The summed E-state index contributed by atoms with van der Waals surface area (Å²) in [6.07, 6.45) is 0.999. The number of Topliss-reactive ketones (excluding diaryl/α,β-unsaturated/α-hetero) is 1. The molecule has 40 heavy (non-hydrogen) atoms. The first-order valence-corrected chi connectivity index (χ1v) is 14.6. The van der Waals surface area contributed by atoms with Crippen LogP contribution in [0.3, 0.4) is 0 Å². The first-order valence-electron chi connectivity index (χ1n) is 14.2. The number of fused-ring (bicyclic) bond motifs is 4. The maximum atomic E-state index is 13.1. The number of pyridine rings is 1. The second-order valence-electron chi connectivity index (χ2n) is 11.4. The van der Waals surface area contributed by atoms with Gasteiger partial charge in [0.15, 0.2) is 5.78 Å². The molecule has 1 aromatic heterocycles. The molecule has 3 aliphatic rings. The van der Waals surface area contributed by atoms with E-state index in [1.165, 1.54) is 11.1 Å². The Hall–Kier alpha value is -3.26. The van der Waals surface area contributed by atoms with Gasteiger partial charge in [-0.25, -0.2) is 0 Å². The van der Waals surface area contributed by atoms with E-state index in [-0.39, 0.29) is 35.6 Å². The third-order valence-corrected chi connectivity index (χ3v) is 8.89. The van der Waals surface area contributed by atoms with Crippen LogP contribution in [0.2, 0.25) is 5.02 Å². The molecule has 1 amide bonds. The molecule has 6 rings (SSSR count). The molecule has 0 aliphatic carbocycles. The van der Waals surface area contributed by atoms with Crippen molar-refractivity contribution in [3.05, 3.63) is 105 Å². The number of hydrogen-bond acceptors (Lipinski definition) is 5. The van der Waals surface area contributed by atoms with Gasteiger partial charge in [0.25, 0.3) is 5.56 Å². The number of benzene rings is 2. The van der Waals surface area contributed by atoms with Gasteiger partial charge in [-0.1, -0.05) is 60.1 Å². The van der Waals surface area contributed by atoms with E-state index in [4.69, 9.17) is 11.6 Å². The lowest BCUT2D eigenvalue weighted by Crippen LogP contribution is -2.51. The van der Waals surface area contributed by atoms with Crippen LogP contribution in [0.1, 0.15) is 41.6 Å². The minimum absolute atomic E-state index is 0.0267. The molecule has 2 saturated heterocycles. The minimum Gasteiger partial charge on any atom is -0.340 e. The van der Waals surface area contributed by atoms with Gasteiger partial charge in [-0.05, 0) is 41.7 Å². The zero-order chi connectivity index (χ0) is 27.6. The Kier molecular flexibility index (Phi) is 7.87. The van der Waals surface area contributed by atoms with Crippen molar-refractivity contribution < 1.29 is 9.59 Å². The monoisotopic (exact) mass is 558 g/mol. The van der Waals surface area contributed by atoms with Gasteiger partial charge in [-0.2, -0.15) is 0 Å². The van der Waals surface area contributed by atoms with Crippen LogP contribution in [-0.4, -0.2) is 76.8 Å². The Labute approximate surface area is 239 Å². The van der Waals surface area contributed by atoms with E-state index in [9.17, 15) is 14.4 Å². The second-order valence-corrected chi connectivity index (χ2v) is 11.8. The highest BCUT2D eigenvalue weighted by Crippen LogP contribution is 2.35. The summed E-state index contributed by atoms with van der Waals surface area (Å²) in [7, 11) is 0. The van der Waals surface area contributed by atoms with Crippen molar-refractivity contribution in [2.45, 2.75) is 31.3 Å². The van der Waals surface area contributed by atoms with Crippen LogP contribution < -0.4 is 5.56 Å². The lowest BCUT2D eigenvalue weighted by atomic mass is 9.83. The second kappa shape index (κ2) is 11.7. The normalized spacial score (nSPS) is 22.0. The third-order valence-electron chi connectivity index (χ3n) is 8.64. The predicted molar refractivity (Wildman–Crippen MR) is 156 cm³/mol. The molecule has 0 N–H and O–H groups in total. The summed E-state index contributed by atoms with van der Waals surface area (Å²) in [5.41, 5.74) is 3.51. The number of piperazine rings is 1. The van der Waals surface area contributed by atoms with Crippen LogP contribution >= 0.6 is 11.6 Å². The van der Waals surface area contributed by atoms with Crippen molar-refractivity contribution in [3.63, 3.8) is 0 Å².